The van der Waals surface area contributed by atoms with E-state index in [1.54, 1.807) is 0 Å². The normalized spacial score (nSPS) is 27.2. The van der Waals surface area contributed by atoms with Crippen LogP contribution < -0.4 is 0 Å². The first-order valence-electron chi connectivity index (χ1n) is 7.04. The Morgan fingerprint density at radius 1 is 1.26 bits per heavy atom. The van der Waals surface area contributed by atoms with Crippen molar-refractivity contribution in [2.45, 2.75) is 37.8 Å². The molecule has 2 saturated carbocycles. The Hall–Kier alpha value is -1.30. The molecule has 1 saturated heterocycles. The summed E-state index contributed by atoms with van der Waals surface area (Å²) < 4.78 is 5.18. The number of carboxylic acids is 1. The minimum atomic E-state index is -0.977. The Kier molecular flexibility index (Phi) is 3.35. The number of amides is 2. The number of carbonyl (C=O) groups is 2. The number of carboxylic acid groups (broad SMARTS) is 1. The van der Waals surface area contributed by atoms with Gasteiger partial charge >= 0.3 is 12.0 Å². The second-order valence-electron chi connectivity index (χ2n) is 5.73. The van der Waals surface area contributed by atoms with Crippen LogP contribution in [0.4, 0.5) is 4.79 Å². The van der Waals surface area contributed by atoms with Crippen molar-refractivity contribution in [3.8, 4) is 0 Å². The molecule has 0 aromatic carbocycles. The molecule has 3 aliphatic rings. The summed E-state index contributed by atoms with van der Waals surface area (Å²) in [6.45, 7) is 1.71. The molecule has 0 radical (unpaired) electrons. The van der Waals surface area contributed by atoms with Gasteiger partial charge in [0, 0.05) is 19.1 Å². The van der Waals surface area contributed by atoms with Crippen LogP contribution in [0.25, 0.3) is 0 Å². The highest BCUT2D eigenvalue weighted by molar-refractivity contribution is 5.83. The Labute approximate surface area is 112 Å². The van der Waals surface area contributed by atoms with E-state index in [0.717, 1.165) is 19.4 Å². The van der Waals surface area contributed by atoms with Gasteiger partial charge in [-0.2, -0.15) is 0 Å². The van der Waals surface area contributed by atoms with Crippen LogP contribution in [0.1, 0.15) is 25.7 Å². The van der Waals surface area contributed by atoms with Gasteiger partial charge in [0.25, 0.3) is 0 Å². The highest BCUT2D eigenvalue weighted by Gasteiger charge is 2.42. The maximum absolute atomic E-state index is 12.6. The van der Waals surface area contributed by atoms with E-state index in [4.69, 9.17) is 4.74 Å². The van der Waals surface area contributed by atoms with Crippen LogP contribution in [0.5, 0.6) is 0 Å². The summed E-state index contributed by atoms with van der Waals surface area (Å²) in [4.78, 5) is 27.2. The maximum Gasteiger partial charge on any atom is 0.328 e. The average molecular weight is 268 g/mol. The van der Waals surface area contributed by atoms with Crippen LogP contribution >= 0.6 is 0 Å². The fraction of sp³-hybridized carbons (Fsp3) is 0.846. The van der Waals surface area contributed by atoms with Crippen LogP contribution in [0, 0.1) is 5.92 Å². The first kappa shape index (κ1) is 12.7. The summed E-state index contributed by atoms with van der Waals surface area (Å²) in [7, 11) is 0. The predicted molar refractivity (Wildman–Crippen MR) is 66.8 cm³/mol. The van der Waals surface area contributed by atoms with Crippen molar-refractivity contribution < 1.29 is 19.4 Å². The van der Waals surface area contributed by atoms with E-state index >= 15 is 0 Å². The molecule has 0 spiro atoms. The lowest BCUT2D eigenvalue weighted by Gasteiger charge is -2.37. The molecule has 0 aromatic rings. The number of ether oxygens (including phenoxy) is 1. The Bertz CT molecular complexity index is 379. The Morgan fingerprint density at radius 3 is 2.58 bits per heavy atom. The summed E-state index contributed by atoms with van der Waals surface area (Å²) in [6.07, 6.45) is 4.50. The number of rotatable bonds is 4. The second-order valence-corrected chi connectivity index (χ2v) is 5.73. The van der Waals surface area contributed by atoms with Gasteiger partial charge in [0.15, 0.2) is 6.04 Å². The highest BCUT2D eigenvalue weighted by atomic mass is 16.5. The minimum Gasteiger partial charge on any atom is -0.480 e. The second kappa shape index (κ2) is 5.00. The molecule has 106 valence electrons. The molecule has 0 bridgehead atoms. The molecule has 3 rings (SSSR count). The fourth-order valence-corrected chi connectivity index (χ4v) is 2.55. The zero-order chi connectivity index (χ0) is 13.4. The predicted octanol–water partition coefficient (Wildman–Crippen LogP) is 0.766. The van der Waals surface area contributed by atoms with Crippen molar-refractivity contribution in [3.05, 3.63) is 0 Å². The van der Waals surface area contributed by atoms with E-state index in [1.165, 1.54) is 17.7 Å². The molecule has 1 atom stereocenters. The minimum absolute atomic E-state index is 0.100. The fourth-order valence-electron chi connectivity index (χ4n) is 2.55. The van der Waals surface area contributed by atoms with E-state index in [-0.39, 0.29) is 12.6 Å². The third-order valence-electron chi connectivity index (χ3n) is 4.04. The molecule has 2 amide bonds. The van der Waals surface area contributed by atoms with Crippen molar-refractivity contribution >= 4 is 12.0 Å². The number of urea groups is 1. The topological polar surface area (TPSA) is 70.1 Å². The zero-order valence-electron chi connectivity index (χ0n) is 11.0. The summed E-state index contributed by atoms with van der Waals surface area (Å²) in [5.74, 6) is -0.343. The van der Waals surface area contributed by atoms with Gasteiger partial charge in [0.2, 0.25) is 0 Å². The summed E-state index contributed by atoms with van der Waals surface area (Å²) in [5.41, 5.74) is 0. The number of aliphatic carboxylic acids is 1. The van der Waals surface area contributed by atoms with Crippen LogP contribution in [0.2, 0.25) is 0 Å². The molecule has 19 heavy (non-hydrogen) atoms. The van der Waals surface area contributed by atoms with Gasteiger partial charge < -0.3 is 19.6 Å². The molecule has 0 aromatic heterocycles. The Morgan fingerprint density at radius 2 is 2.00 bits per heavy atom. The largest absolute Gasteiger partial charge is 0.480 e. The van der Waals surface area contributed by atoms with Crippen LogP contribution in [-0.2, 0) is 9.53 Å². The smallest absolute Gasteiger partial charge is 0.328 e. The molecular formula is C13H20N2O4. The third kappa shape index (κ3) is 2.83. The van der Waals surface area contributed by atoms with Gasteiger partial charge in [-0.3, -0.25) is 0 Å². The van der Waals surface area contributed by atoms with Crippen molar-refractivity contribution in [3.63, 3.8) is 0 Å². The lowest BCUT2D eigenvalue weighted by atomic mass is 10.2. The first-order chi connectivity index (χ1) is 9.16. The van der Waals surface area contributed by atoms with Crippen LogP contribution in [-0.4, -0.2) is 65.3 Å². The third-order valence-corrected chi connectivity index (χ3v) is 4.04. The standard InChI is InChI=1S/C13H20N2O4/c16-12(17)11-8-19-6-5-14(11)13(18)15(10-3-4-10)7-9-1-2-9/h9-11H,1-8H2,(H,16,17). The summed E-state index contributed by atoms with van der Waals surface area (Å²) in [5, 5.41) is 9.20. The van der Waals surface area contributed by atoms with Crippen molar-refractivity contribution in [1.82, 2.24) is 9.80 Å². The van der Waals surface area contributed by atoms with Gasteiger partial charge in [-0.15, -0.1) is 0 Å². The number of nitrogens with zero attached hydrogens (tertiary/aromatic N) is 2. The number of morpholine rings is 1. The number of carbonyl (C=O) groups excluding carboxylic acids is 1. The summed E-state index contributed by atoms with van der Waals surface area (Å²) in [6, 6.07) is -0.600. The molecule has 2 aliphatic carbocycles. The monoisotopic (exact) mass is 268 g/mol. The van der Waals surface area contributed by atoms with Gasteiger partial charge in [0.1, 0.15) is 0 Å². The zero-order valence-corrected chi connectivity index (χ0v) is 11.0. The highest BCUT2D eigenvalue weighted by Crippen LogP contribution is 2.35. The molecular weight excluding hydrogens is 248 g/mol. The number of hydrogen-bond acceptors (Lipinski definition) is 3. The summed E-state index contributed by atoms with van der Waals surface area (Å²) >= 11 is 0. The molecule has 6 nitrogen and oxygen atoms in total. The van der Waals surface area contributed by atoms with Gasteiger partial charge in [-0.05, 0) is 31.6 Å². The van der Waals surface area contributed by atoms with E-state index in [0.29, 0.717) is 25.1 Å². The lowest BCUT2D eigenvalue weighted by molar-refractivity contribution is -0.147. The van der Waals surface area contributed by atoms with Gasteiger partial charge in [0.05, 0.1) is 13.2 Å². The molecule has 6 heteroatoms. The molecule has 1 unspecified atom stereocenters. The van der Waals surface area contributed by atoms with Crippen molar-refractivity contribution in [2.75, 3.05) is 26.3 Å². The average Bonchev–Trinajstić information content (AvgIpc) is 3.27. The van der Waals surface area contributed by atoms with E-state index in [1.807, 2.05) is 4.90 Å². The van der Waals surface area contributed by atoms with Crippen molar-refractivity contribution in [2.24, 2.45) is 5.92 Å². The van der Waals surface area contributed by atoms with Crippen LogP contribution in [0.3, 0.4) is 0 Å². The van der Waals surface area contributed by atoms with Gasteiger partial charge in [-0.25, -0.2) is 9.59 Å². The lowest BCUT2D eigenvalue weighted by Crippen LogP contribution is -2.57. The molecule has 3 fully saturated rings. The van der Waals surface area contributed by atoms with E-state index in [9.17, 15) is 14.7 Å². The SMILES string of the molecule is O=C(O)C1COCCN1C(=O)N(CC1CC1)C1CC1. The quantitative estimate of drug-likeness (QED) is 0.817. The maximum atomic E-state index is 12.6. The first-order valence-corrected chi connectivity index (χ1v) is 7.04. The Balaban J connectivity index is 1.69. The molecule has 1 heterocycles. The number of hydrogen-bond donors (Lipinski definition) is 1. The molecule has 1 aliphatic heterocycles. The van der Waals surface area contributed by atoms with Gasteiger partial charge in [-0.1, -0.05) is 0 Å². The van der Waals surface area contributed by atoms with E-state index in [2.05, 4.69) is 0 Å². The van der Waals surface area contributed by atoms with E-state index < -0.39 is 12.0 Å². The molecule has 1 N–H and O–H groups in total. The van der Waals surface area contributed by atoms with Crippen LogP contribution in [0.15, 0.2) is 0 Å². The van der Waals surface area contributed by atoms with Crippen molar-refractivity contribution in [1.29, 1.82) is 0 Å².